The predicted molar refractivity (Wildman–Crippen MR) is 80.2 cm³/mol. The van der Waals surface area contributed by atoms with Crippen LogP contribution in [0.2, 0.25) is 0 Å². The lowest BCUT2D eigenvalue weighted by molar-refractivity contribution is -0.0699. The Bertz CT molecular complexity index is 459. The van der Waals surface area contributed by atoms with Crippen LogP contribution in [0.1, 0.15) is 47.0 Å². The molecule has 0 bridgehead atoms. The molecule has 0 aromatic carbocycles. The Morgan fingerprint density at radius 2 is 1.95 bits per heavy atom. The zero-order valence-electron chi connectivity index (χ0n) is 13.3. The van der Waals surface area contributed by atoms with Gasteiger partial charge in [-0.05, 0) is 47.0 Å². The van der Waals surface area contributed by atoms with Gasteiger partial charge in [0.2, 0.25) is 10.0 Å². The summed E-state index contributed by atoms with van der Waals surface area (Å²) in [5.41, 5.74) is -0.328. The van der Waals surface area contributed by atoms with Crippen LogP contribution in [-0.4, -0.2) is 55.4 Å². The average Bonchev–Trinajstić information content (AvgIpc) is 2.76. The van der Waals surface area contributed by atoms with E-state index in [0.717, 1.165) is 19.3 Å². The lowest BCUT2D eigenvalue weighted by Gasteiger charge is -2.30. The molecule has 0 aromatic rings. The second kappa shape index (κ2) is 5.23. The topological polar surface area (TPSA) is 58.6 Å². The van der Waals surface area contributed by atoms with Crippen molar-refractivity contribution in [3.05, 3.63) is 0 Å². The minimum absolute atomic E-state index is 0.0875. The summed E-state index contributed by atoms with van der Waals surface area (Å²) in [6.45, 7) is 9.77. The largest absolute Gasteiger partial charge is 0.368 e. The van der Waals surface area contributed by atoms with Gasteiger partial charge in [-0.2, -0.15) is 4.31 Å². The van der Waals surface area contributed by atoms with Gasteiger partial charge < -0.3 is 10.1 Å². The number of nitrogens with one attached hydrogen (secondary N) is 1. The molecular formula is C14H28N2O3S. The van der Waals surface area contributed by atoms with Gasteiger partial charge in [0.25, 0.3) is 0 Å². The fourth-order valence-electron chi connectivity index (χ4n) is 3.61. The summed E-state index contributed by atoms with van der Waals surface area (Å²) in [7, 11) is -3.09. The van der Waals surface area contributed by atoms with E-state index in [4.69, 9.17) is 4.74 Å². The normalized spacial score (nSPS) is 33.6. The molecule has 0 saturated carbocycles. The number of hydrogen-bond donors (Lipinski definition) is 1. The standard InChI is InChI=1S/C14H28N2O3S/c1-13(2)9-12(14(3,4)19-13)15-10-11-7-6-8-16(11)20(5,17)18/h11-12,15H,6-10H2,1-5H3/t11-,12+/m1/s1. The fourth-order valence-corrected chi connectivity index (χ4v) is 4.79. The highest BCUT2D eigenvalue weighted by Gasteiger charge is 2.46. The van der Waals surface area contributed by atoms with E-state index < -0.39 is 10.0 Å². The van der Waals surface area contributed by atoms with Gasteiger partial charge in [0.15, 0.2) is 0 Å². The van der Waals surface area contributed by atoms with E-state index >= 15 is 0 Å². The average molecular weight is 304 g/mol. The molecule has 5 nitrogen and oxygen atoms in total. The van der Waals surface area contributed by atoms with Crippen LogP contribution < -0.4 is 5.32 Å². The van der Waals surface area contributed by atoms with Crippen molar-refractivity contribution in [2.24, 2.45) is 0 Å². The Balaban J connectivity index is 1.96. The van der Waals surface area contributed by atoms with Gasteiger partial charge in [-0.25, -0.2) is 8.42 Å². The van der Waals surface area contributed by atoms with Gasteiger partial charge in [-0.1, -0.05) is 0 Å². The van der Waals surface area contributed by atoms with Crippen molar-refractivity contribution in [1.82, 2.24) is 9.62 Å². The van der Waals surface area contributed by atoms with E-state index in [1.807, 2.05) is 0 Å². The minimum atomic E-state index is -3.09. The maximum absolute atomic E-state index is 11.7. The van der Waals surface area contributed by atoms with Gasteiger partial charge in [0.05, 0.1) is 17.5 Å². The molecule has 118 valence electrons. The molecule has 2 atom stereocenters. The molecule has 1 N–H and O–H groups in total. The molecular weight excluding hydrogens is 276 g/mol. The summed E-state index contributed by atoms with van der Waals surface area (Å²) in [6, 6.07) is 0.351. The lowest BCUT2D eigenvalue weighted by Crippen LogP contribution is -2.49. The number of ether oxygens (including phenoxy) is 1. The van der Waals surface area contributed by atoms with Gasteiger partial charge in [-0.15, -0.1) is 0 Å². The van der Waals surface area contributed by atoms with Crippen LogP contribution in [0.5, 0.6) is 0 Å². The van der Waals surface area contributed by atoms with Crippen molar-refractivity contribution in [3.8, 4) is 0 Å². The highest BCUT2D eigenvalue weighted by Crippen LogP contribution is 2.37. The second-order valence-electron chi connectivity index (χ2n) is 7.30. The fraction of sp³-hybridized carbons (Fsp3) is 1.00. The van der Waals surface area contributed by atoms with Gasteiger partial charge in [0.1, 0.15) is 0 Å². The summed E-state index contributed by atoms with van der Waals surface area (Å²) >= 11 is 0. The molecule has 2 rings (SSSR count). The molecule has 0 spiro atoms. The van der Waals surface area contributed by atoms with E-state index in [2.05, 4.69) is 33.0 Å². The quantitative estimate of drug-likeness (QED) is 0.852. The minimum Gasteiger partial charge on any atom is -0.368 e. The summed E-state index contributed by atoms with van der Waals surface area (Å²) < 4.78 is 31.2. The van der Waals surface area contributed by atoms with Crippen LogP contribution in [0.4, 0.5) is 0 Å². The third kappa shape index (κ3) is 3.53. The van der Waals surface area contributed by atoms with Crippen molar-refractivity contribution >= 4 is 10.0 Å². The Hall–Kier alpha value is -0.170. The van der Waals surface area contributed by atoms with Crippen LogP contribution in [0.25, 0.3) is 0 Å². The maximum atomic E-state index is 11.7. The van der Waals surface area contributed by atoms with Gasteiger partial charge in [-0.3, -0.25) is 0 Å². The van der Waals surface area contributed by atoms with Crippen molar-refractivity contribution in [2.45, 2.75) is 70.2 Å². The molecule has 2 fully saturated rings. The van der Waals surface area contributed by atoms with Crippen molar-refractivity contribution in [1.29, 1.82) is 0 Å². The molecule has 20 heavy (non-hydrogen) atoms. The van der Waals surface area contributed by atoms with Crippen LogP contribution in [0.15, 0.2) is 0 Å². The summed E-state index contributed by atoms with van der Waals surface area (Å²) in [5, 5.41) is 3.54. The molecule has 2 aliphatic heterocycles. The van der Waals surface area contributed by atoms with E-state index in [9.17, 15) is 8.42 Å². The first-order valence-electron chi connectivity index (χ1n) is 7.42. The first-order chi connectivity index (χ1) is 9.01. The summed E-state index contributed by atoms with van der Waals surface area (Å²) in [6.07, 6.45) is 4.15. The third-order valence-electron chi connectivity index (χ3n) is 4.42. The molecule has 0 amide bonds. The Morgan fingerprint density at radius 1 is 1.30 bits per heavy atom. The van der Waals surface area contributed by atoms with Gasteiger partial charge in [0, 0.05) is 25.2 Å². The Kier molecular flexibility index (Phi) is 4.24. The van der Waals surface area contributed by atoms with E-state index in [0.29, 0.717) is 13.1 Å². The summed E-state index contributed by atoms with van der Waals surface area (Å²) in [4.78, 5) is 0. The SMILES string of the molecule is CC1(C)C[C@H](NC[C@H]2CCCN2S(C)(=O)=O)C(C)(C)O1. The highest BCUT2D eigenvalue weighted by atomic mass is 32.2. The number of sulfonamides is 1. The predicted octanol–water partition coefficient (Wildman–Crippen LogP) is 1.35. The maximum Gasteiger partial charge on any atom is 0.211 e. The highest BCUT2D eigenvalue weighted by molar-refractivity contribution is 7.88. The van der Waals surface area contributed by atoms with Crippen LogP contribution in [0, 0.1) is 0 Å². The number of hydrogen-bond acceptors (Lipinski definition) is 4. The molecule has 0 aromatic heterocycles. The van der Waals surface area contributed by atoms with E-state index in [1.165, 1.54) is 6.26 Å². The molecule has 0 radical (unpaired) electrons. The van der Waals surface area contributed by atoms with Crippen LogP contribution in [0.3, 0.4) is 0 Å². The Morgan fingerprint density at radius 3 is 2.45 bits per heavy atom. The van der Waals surface area contributed by atoms with Gasteiger partial charge >= 0.3 is 0 Å². The number of rotatable bonds is 4. The van der Waals surface area contributed by atoms with Crippen LogP contribution in [-0.2, 0) is 14.8 Å². The first-order valence-corrected chi connectivity index (χ1v) is 9.26. The van der Waals surface area contributed by atoms with E-state index in [-0.39, 0.29) is 23.3 Å². The molecule has 2 saturated heterocycles. The molecule has 6 heteroatoms. The first kappa shape index (κ1) is 16.2. The Labute approximate surface area is 123 Å². The molecule has 0 unspecified atom stereocenters. The van der Waals surface area contributed by atoms with Crippen molar-refractivity contribution < 1.29 is 13.2 Å². The zero-order chi connectivity index (χ0) is 15.2. The molecule has 0 aliphatic carbocycles. The van der Waals surface area contributed by atoms with Crippen LogP contribution >= 0.6 is 0 Å². The van der Waals surface area contributed by atoms with Crippen molar-refractivity contribution in [2.75, 3.05) is 19.3 Å². The second-order valence-corrected chi connectivity index (χ2v) is 9.23. The monoisotopic (exact) mass is 304 g/mol. The van der Waals surface area contributed by atoms with Crippen molar-refractivity contribution in [3.63, 3.8) is 0 Å². The lowest BCUT2D eigenvalue weighted by atomic mass is 9.94. The molecule has 2 heterocycles. The van der Waals surface area contributed by atoms with E-state index in [1.54, 1.807) is 4.31 Å². The zero-order valence-corrected chi connectivity index (χ0v) is 14.1. The summed E-state index contributed by atoms with van der Waals surface area (Å²) in [5.74, 6) is 0. The third-order valence-corrected chi connectivity index (χ3v) is 5.76. The molecule has 2 aliphatic rings. The smallest absolute Gasteiger partial charge is 0.211 e. The number of nitrogens with zero attached hydrogens (tertiary/aromatic N) is 1.